The summed E-state index contributed by atoms with van der Waals surface area (Å²) < 4.78 is 1.12. The molecular weight excluding hydrogens is 230 g/mol. The van der Waals surface area contributed by atoms with Crippen LogP contribution in [0.4, 0.5) is 0 Å². The SMILES string of the molecule is O=CN1CCc2cc(Br)ccc2C1. The van der Waals surface area contributed by atoms with E-state index in [-0.39, 0.29) is 0 Å². The molecule has 2 nitrogen and oxygen atoms in total. The first-order chi connectivity index (χ1) is 6.29. The Morgan fingerprint density at radius 1 is 1.38 bits per heavy atom. The van der Waals surface area contributed by atoms with Crippen LogP contribution in [0, 0.1) is 0 Å². The highest BCUT2D eigenvalue weighted by molar-refractivity contribution is 9.10. The van der Waals surface area contributed by atoms with E-state index >= 15 is 0 Å². The van der Waals surface area contributed by atoms with Crippen LogP contribution < -0.4 is 0 Å². The first-order valence-corrected chi connectivity index (χ1v) is 5.05. The highest BCUT2D eigenvalue weighted by Gasteiger charge is 2.13. The Morgan fingerprint density at radius 2 is 2.23 bits per heavy atom. The molecule has 0 bridgehead atoms. The summed E-state index contributed by atoms with van der Waals surface area (Å²) >= 11 is 3.44. The van der Waals surface area contributed by atoms with Gasteiger partial charge < -0.3 is 4.90 Å². The molecule has 0 fully saturated rings. The molecule has 13 heavy (non-hydrogen) atoms. The second kappa shape index (κ2) is 3.50. The van der Waals surface area contributed by atoms with Crippen molar-refractivity contribution in [1.82, 2.24) is 4.90 Å². The average molecular weight is 240 g/mol. The molecule has 2 rings (SSSR count). The number of nitrogens with zero attached hydrogens (tertiary/aromatic N) is 1. The van der Waals surface area contributed by atoms with Gasteiger partial charge in [-0.1, -0.05) is 22.0 Å². The maximum absolute atomic E-state index is 10.6. The second-order valence-corrected chi connectivity index (χ2v) is 4.15. The van der Waals surface area contributed by atoms with Crippen LogP contribution in [-0.2, 0) is 17.8 Å². The Labute approximate surface area is 85.7 Å². The van der Waals surface area contributed by atoms with Gasteiger partial charge in [-0.2, -0.15) is 0 Å². The smallest absolute Gasteiger partial charge is 0.210 e. The number of amides is 1. The molecule has 1 aromatic rings. The van der Waals surface area contributed by atoms with Crippen LogP contribution in [0.25, 0.3) is 0 Å². The van der Waals surface area contributed by atoms with Crippen LogP contribution in [0.1, 0.15) is 11.1 Å². The highest BCUT2D eigenvalue weighted by atomic mass is 79.9. The molecule has 0 aromatic heterocycles. The van der Waals surface area contributed by atoms with E-state index in [2.05, 4.69) is 28.1 Å². The zero-order valence-corrected chi connectivity index (χ0v) is 8.75. The summed E-state index contributed by atoms with van der Waals surface area (Å²) in [5.41, 5.74) is 2.62. The largest absolute Gasteiger partial charge is 0.341 e. The minimum atomic E-state index is 0.756. The summed E-state index contributed by atoms with van der Waals surface area (Å²) in [5, 5.41) is 0. The molecule has 1 aliphatic heterocycles. The van der Waals surface area contributed by atoms with Crippen molar-refractivity contribution in [3.05, 3.63) is 33.8 Å². The molecule has 3 heteroatoms. The number of rotatable bonds is 1. The number of benzene rings is 1. The van der Waals surface area contributed by atoms with Crippen molar-refractivity contribution in [2.75, 3.05) is 6.54 Å². The third-order valence-electron chi connectivity index (χ3n) is 2.36. The molecule has 0 radical (unpaired) electrons. The Morgan fingerprint density at radius 3 is 3.00 bits per heavy atom. The number of hydrogen-bond donors (Lipinski definition) is 0. The summed E-state index contributed by atoms with van der Waals surface area (Å²) in [6, 6.07) is 6.24. The molecular formula is C10H10BrNO. The van der Waals surface area contributed by atoms with Gasteiger partial charge in [0.2, 0.25) is 6.41 Å². The minimum Gasteiger partial charge on any atom is -0.341 e. The highest BCUT2D eigenvalue weighted by Crippen LogP contribution is 2.21. The lowest BCUT2D eigenvalue weighted by molar-refractivity contribution is -0.118. The van der Waals surface area contributed by atoms with E-state index in [0.717, 1.165) is 30.4 Å². The normalized spacial score (nSPS) is 15.3. The summed E-state index contributed by atoms with van der Waals surface area (Å²) in [5.74, 6) is 0. The Bertz CT molecular complexity index is 338. The predicted molar refractivity (Wildman–Crippen MR) is 54.3 cm³/mol. The Kier molecular flexibility index (Phi) is 2.36. The van der Waals surface area contributed by atoms with Crippen LogP contribution in [-0.4, -0.2) is 17.9 Å². The average Bonchev–Trinajstić information content (AvgIpc) is 2.17. The van der Waals surface area contributed by atoms with Gasteiger partial charge in [0, 0.05) is 17.6 Å². The van der Waals surface area contributed by atoms with Gasteiger partial charge in [0.15, 0.2) is 0 Å². The summed E-state index contributed by atoms with van der Waals surface area (Å²) in [7, 11) is 0. The molecule has 1 heterocycles. The van der Waals surface area contributed by atoms with Crippen LogP contribution in [0.2, 0.25) is 0 Å². The Balaban J connectivity index is 2.31. The zero-order valence-electron chi connectivity index (χ0n) is 7.16. The van der Waals surface area contributed by atoms with E-state index in [1.165, 1.54) is 11.1 Å². The zero-order chi connectivity index (χ0) is 9.26. The fraction of sp³-hybridized carbons (Fsp3) is 0.300. The van der Waals surface area contributed by atoms with Crippen molar-refractivity contribution in [2.24, 2.45) is 0 Å². The second-order valence-electron chi connectivity index (χ2n) is 3.24. The number of halogens is 1. The molecule has 1 aliphatic rings. The number of fused-ring (bicyclic) bond motifs is 1. The molecule has 0 N–H and O–H groups in total. The van der Waals surface area contributed by atoms with E-state index < -0.39 is 0 Å². The lowest BCUT2D eigenvalue weighted by atomic mass is 10.0. The van der Waals surface area contributed by atoms with Crippen molar-refractivity contribution >= 4 is 22.3 Å². The molecule has 0 saturated heterocycles. The first-order valence-electron chi connectivity index (χ1n) is 4.26. The summed E-state index contributed by atoms with van der Waals surface area (Å²) in [4.78, 5) is 12.4. The Hall–Kier alpha value is -0.830. The fourth-order valence-electron chi connectivity index (χ4n) is 1.63. The molecule has 0 saturated carbocycles. The van der Waals surface area contributed by atoms with E-state index in [9.17, 15) is 4.79 Å². The van der Waals surface area contributed by atoms with Crippen molar-refractivity contribution in [3.63, 3.8) is 0 Å². The lowest BCUT2D eigenvalue weighted by Crippen LogP contribution is -2.28. The third kappa shape index (κ3) is 1.75. The topological polar surface area (TPSA) is 20.3 Å². The van der Waals surface area contributed by atoms with Crippen LogP contribution in [0.3, 0.4) is 0 Å². The van der Waals surface area contributed by atoms with E-state index in [1.54, 1.807) is 4.90 Å². The fourth-order valence-corrected chi connectivity index (χ4v) is 2.04. The van der Waals surface area contributed by atoms with Gasteiger partial charge in [-0.25, -0.2) is 0 Å². The van der Waals surface area contributed by atoms with Gasteiger partial charge in [0.05, 0.1) is 0 Å². The molecule has 68 valence electrons. The molecule has 0 spiro atoms. The molecule has 1 aromatic carbocycles. The van der Waals surface area contributed by atoms with Gasteiger partial charge in [-0.3, -0.25) is 4.79 Å². The van der Waals surface area contributed by atoms with Gasteiger partial charge >= 0.3 is 0 Å². The minimum absolute atomic E-state index is 0.756. The molecule has 1 amide bonds. The maximum atomic E-state index is 10.6. The van der Waals surface area contributed by atoms with Crippen molar-refractivity contribution in [3.8, 4) is 0 Å². The summed E-state index contributed by atoms with van der Waals surface area (Å²) in [6.07, 6.45) is 1.89. The van der Waals surface area contributed by atoms with Crippen LogP contribution in [0.5, 0.6) is 0 Å². The van der Waals surface area contributed by atoms with Crippen molar-refractivity contribution < 1.29 is 4.79 Å². The van der Waals surface area contributed by atoms with Gasteiger partial charge in [-0.15, -0.1) is 0 Å². The third-order valence-corrected chi connectivity index (χ3v) is 2.85. The quantitative estimate of drug-likeness (QED) is 0.687. The number of carbonyl (C=O) groups excluding carboxylic acids is 1. The van der Waals surface area contributed by atoms with Crippen molar-refractivity contribution in [2.45, 2.75) is 13.0 Å². The predicted octanol–water partition coefficient (Wildman–Crippen LogP) is 1.96. The van der Waals surface area contributed by atoms with Gasteiger partial charge in [-0.05, 0) is 29.7 Å². The molecule has 0 atom stereocenters. The van der Waals surface area contributed by atoms with E-state index in [0.29, 0.717) is 0 Å². The number of carbonyl (C=O) groups is 1. The van der Waals surface area contributed by atoms with Gasteiger partial charge in [0.25, 0.3) is 0 Å². The van der Waals surface area contributed by atoms with Crippen LogP contribution >= 0.6 is 15.9 Å². The van der Waals surface area contributed by atoms with Gasteiger partial charge in [0.1, 0.15) is 0 Å². The first kappa shape index (κ1) is 8.75. The summed E-state index contributed by atoms with van der Waals surface area (Å²) in [6.45, 7) is 1.60. The maximum Gasteiger partial charge on any atom is 0.210 e. The molecule has 0 unspecified atom stereocenters. The molecule has 0 aliphatic carbocycles. The van der Waals surface area contributed by atoms with Crippen molar-refractivity contribution in [1.29, 1.82) is 0 Å². The van der Waals surface area contributed by atoms with E-state index in [4.69, 9.17) is 0 Å². The number of hydrogen-bond acceptors (Lipinski definition) is 1. The monoisotopic (exact) mass is 239 g/mol. The van der Waals surface area contributed by atoms with E-state index in [1.807, 2.05) is 6.07 Å². The lowest BCUT2D eigenvalue weighted by Gasteiger charge is -2.25. The van der Waals surface area contributed by atoms with Crippen LogP contribution in [0.15, 0.2) is 22.7 Å². The standard InChI is InChI=1S/C10H10BrNO/c11-10-2-1-9-6-12(7-13)4-3-8(9)5-10/h1-2,5,7H,3-4,6H2.